The van der Waals surface area contributed by atoms with Gasteiger partial charge < -0.3 is 9.52 Å². The molecule has 0 aliphatic carbocycles. The molecule has 72 valence electrons. The second-order valence-electron chi connectivity index (χ2n) is 3.15. The number of nitrogens with zero attached hydrogens (tertiary/aromatic N) is 2. The van der Waals surface area contributed by atoms with Crippen molar-refractivity contribution in [3.05, 3.63) is 23.7 Å². The van der Waals surface area contributed by atoms with Crippen molar-refractivity contribution < 1.29 is 14.3 Å². The molecule has 1 aliphatic heterocycles. The maximum Gasteiger partial charge on any atom is 0.371 e. The van der Waals surface area contributed by atoms with Gasteiger partial charge in [0.2, 0.25) is 5.76 Å². The van der Waals surface area contributed by atoms with Gasteiger partial charge >= 0.3 is 5.97 Å². The van der Waals surface area contributed by atoms with Gasteiger partial charge in [0.25, 0.3) is 0 Å². The molecule has 1 saturated heterocycles. The number of carbonyl (C=O) groups is 1. The molecule has 0 radical (unpaired) electrons. The van der Waals surface area contributed by atoms with E-state index < -0.39 is 5.97 Å². The van der Waals surface area contributed by atoms with Crippen molar-refractivity contribution in [1.82, 2.24) is 4.90 Å². The molecule has 1 aliphatic rings. The van der Waals surface area contributed by atoms with Crippen LogP contribution in [-0.4, -0.2) is 28.6 Å². The lowest BCUT2D eigenvalue weighted by Crippen LogP contribution is -1.99. The monoisotopic (exact) mass is 192 g/mol. The lowest BCUT2D eigenvalue weighted by Gasteiger charge is -1.95. The van der Waals surface area contributed by atoms with Gasteiger partial charge in [-0.15, -0.1) is 0 Å². The van der Waals surface area contributed by atoms with E-state index in [-0.39, 0.29) is 11.8 Å². The molecule has 1 aromatic rings. The standard InChI is InChI=1S/C9H8N2O3/c10-3-6-4-11(6)5-7-1-2-8(14-7)9(12)13/h1-2,6H,4-5H2,(H,12,13). The fourth-order valence-electron chi connectivity index (χ4n) is 1.25. The Kier molecular flexibility index (Phi) is 1.98. The van der Waals surface area contributed by atoms with Crippen LogP contribution in [0.5, 0.6) is 0 Å². The van der Waals surface area contributed by atoms with E-state index in [9.17, 15) is 4.79 Å². The number of nitriles is 1. The highest BCUT2D eigenvalue weighted by Crippen LogP contribution is 2.21. The van der Waals surface area contributed by atoms with E-state index in [1.54, 1.807) is 6.07 Å². The third-order valence-corrected chi connectivity index (χ3v) is 2.10. The normalized spacial score (nSPS) is 24.2. The van der Waals surface area contributed by atoms with Crippen LogP contribution in [-0.2, 0) is 6.54 Å². The van der Waals surface area contributed by atoms with Gasteiger partial charge in [0, 0.05) is 6.54 Å². The Labute approximate surface area is 80.2 Å². The smallest absolute Gasteiger partial charge is 0.371 e. The summed E-state index contributed by atoms with van der Waals surface area (Å²) in [6.07, 6.45) is 0. The van der Waals surface area contributed by atoms with Gasteiger partial charge in [-0.1, -0.05) is 0 Å². The molecule has 1 aromatic heterocycles. The molecule has 1 fully saturated rings. The third-order valence-electron chi connectivity index (χ3n) is 2.10. The topological polar surface area (TPSA) is 77.2 Å². The maximum atomic E-state index is 10.5. The summed E-state index contributed by atoms with van der Waals surface area (Å²) in [5.74, 6) is -0.547. The Morgan fingerprint density at radius 3 is 3.07 bits per heavy atom. The maximum absolute atomic E-state index is 10.5. The van der Waals surface area contributed by atoms with Crippen LogP contribution in [0.4, 0.5) is 0 Å². The van der Waals surface area contributed by atoms with E-state index in [2.05, 4.69) is 6.07 Å². The molecule has 5 nitrogen and oxygen atoms in total. The number of furan rings is 1. The van der Waals surface area contributed by atoms with Crippen molar-refractivity contribution in [2.45, 2.75) is 12.6 Å². The number of hydrogen-bond acceptors (Lipinski definition) is 4. The number of aromatic carboxylic acids is 1. The Hall–Kier alpha value is -1.80. The minimum Gasteiger partial charge on any atom is -0.475 e. The van der Waals surface area contributed by atoms with Gasteiger partial charge in [-0.25, -0.2) is 4.79 Å². The molecule has 2 atom stereocenters. The summed E-state index contributed by atoms with van der Waals surface area (Å²) >= 11 is 0. The molecule has 0 saturated carbocycles. The molecule has 0 bridgehead atoms. The molecule has 2 rings (SSSR count). The Bertz CT molecular complexity index is 404. The summed E-state index contributed by atoms with van der Waals surface area (Å²) in [6.45, 7) is 1.24. The van der Waals surface area contributed by atoms with Gasteiger partial charge in [-0.2, -0.15) is 5.26 Å². The summed E-state index contributed by atoms with van der Waals surface area (Å²) in [6, 6.07) is 5.11. The molecule has 2 heterocycles. The summed E-state index contributed by atoms with van der Waals surface area (Å²) in [4.78, 5) is 12.4. The second kappa shape index (κ2) is 3.16. The quantitative estimate of drug-likeness (QED) is 0.713. The van der Waals surface area contributed by atoms with E-state index in [0.29, 0.717) is 12.3 Å². The first kappa shape index (κ1) is 8.78. The van der Waals surface area contributed by atoms with E-state index in [1.165, 1.54) is 6.07 Å². The Balaban J connectivity index is 1.98. The molecule has 0 spiro atoms. The van der Waals surface area contributed by atoms with Gasteiger partial charge in [0.05, 0.1) is 12.6 Å². The van der Waals surface area contributed by atoms with Crippen LogP contribution in [0.1, 0.15) is 16.3 Å². The van der Waals surface area contributed by atoms with Crippen molar-refractivity contribution in [3.63, 3.8) is 0 Å². The van der Waals surface area contributed by atoms with Gasteiger partial charge in [-0.3, -0.25) is 4.90 Å². The molecular weight excluding hydrogens is 184 g/mol. The van der Waals surface area contributed by atoms with Crippen molar-refractivity contribution >= 4 is 5.97 Å². The predicted octanol–water partition coefficient (Wildman–Crippen LogP) is 0.686. The highest BCUT2D eigenvalue weighted by molar-refractivity contribution is 5.84. The van der Waals surface area contributed by atoms with Crippen molar-refractivity contribution in [3.8, 4) is 6.07 Å². The van der Waals surface area contributed by atoms with E-state index in [1.807, 2.05) is 4.90 Å². The fourth-order valence-corrected chi connectivity index (χ4v) is 1.25. The van der Waals surface area contributed by atoms with Crippen LogP contribution in [0.25, 0.3) is 0 Å². The zero-order chi connectivity index (χ0) is 10.1. The predicted molar refractivity (Wildman–Crippen MR) is 45.5 cm³/mol. The average Bonchev–Trinajstić information content (AvgIpc) is 2.71. The SMILES string of the molecule is N#CC1CN1Cc1ccc(C(=O)O)o1. The number of rotatable bonds is 3. The first-order valence-electron chi connectivity index (χ1n) is 4.16. The lowest BCUT2D eigenvalue weighted by atomic mass is 10.4. The molecular formula is C9H8N2O3. The summed E-state index contributed by atoms with van der Waals surface area (Å²) in [5.41, 5.74) is 0. The average molecular weight is 192 g/mol. The molecule has 1 N–H and O–H groups in total. The van der Waals surface area contributed by atoms with Crippen molar-refractivity contribution in [2.24, 2.45) is 0 Å². The first-order valence-corrected chi connectivity index (χ1v) is 4.16. The van der Waals surface area contributed by atoms with E-state index in [4.69, 9.17) is 14.8 Å². The van der Waals surface area contributed by atoms with Crippen LogP contribution < -0.4 is 0 Å². The van der Waals surface area contributed by atoms with E-state index in [0.717, 1.165) is 6.54 Å². The van der Waals surface area contributed by atoms with Crippen molar-refractivity contribution in [2.75, 3.05) is 6.54 Å². The fraction of sp³-hybridized carbons (Fsp3) is 0.333. The minimum absolute atomic E-state index is 0.0339. The second-order valence-corrected chi connectivity index (χ2v) is 3.15. The highest BCUT2D eigenvalue weighted by atomic mass is 16.4. The summed E-state index contributed by atoms with van der Waals surface area (Å²) < 4.78 is 5.04. The zero-order valence-electron chi connectivity index (χ0n) is 7.30. The summed E-state index contributed by atoms with van der Waals surface area (Å²) in [5, 5.41) is 17.1. The Morgan fingerprint density at radius 2 is 2.57 bits per heavy atom. The molecule has 14 heavy (non-hydrogen) atoms. The minimum atomic E-state index is -1.07. The van der Waals surface area contributed by atoms with Crippen LogP contribution in [0.2, 0.25) is 0 Å². The van der Waals surface area contributed by atoms with Crippen LogP contribution >= 0.6 is 0 Å². The van der Waals surface area contributed by atoms with Crippen molar-refractivity contribution in [1.29, 1.82) is 5.26 Å². The number of hydrogen-bond donors (Lipinski definition) is 1. The highest BCUT2D eigenvalue weighted by Gasteiger charge is 2.34. The summed E-state index contributed by atoms with van der Waals surface area (Å²) in [7, 11) is 0. The van der Waals surface area contributed by atoms with Gasteiger partial charge in [-0.05, 0) is 12.1 Å². The largest absolute Gasteiger partial charge is 0.475 e. The lowest BCUT2D eigenvalue weighted by molar-refractivity contribution is 0.0659. The molecule has 5 heteroatoms. The number of carboxylic acid groups (broad SMARTS) is 1. The molecule has 2 unspecified atom stereocenters. The van der Waals surface area contributed by atoms with Gasteiger partial charge in [0.15, 0.2) is 0 Å². The zero-order valence-corrected chi connectivity index (χ0v) is 7.30. The van der Waals surface area contributed by atoms with Crippen LogP contribution in [0, 0.1) is 11.3 Å². The van der Waals surface area contributed by atoms with Crippen LogP contribution in [0.3, 0.4) is 0 Å². The van der Waals surface area contributed by atoms with Gasteiger partial charge in [0.1, 0.15) is 11.8 Å². The molecule has 0 amide bonds. The molecule has 0 aromatic carbocycles. The number of carboxylic acids is 1. The van der Waals surface area contributed by atoms with Crippen LogP contribution in [0.15, 0.2) is 16.5 Å². The Morgan fingerprint density at radius 1 is 1.79 bits per heavy atom. The third kappa shape index (κ3) is 1.60. The van der Waals surface area contributed by atoms with E-state index >= 15 is 0 Å². The first-order chi connectivity index (χ1) is 6.70.